The normalized spacial score (nSPS) is 18.9. The van der Waals surface area contributed by atoms with Gasteiger partial charge >= 0.3 is 0 Å². The molecular weight excluding hydrogens is 238 g/mol. The molecule has 5 heteroatoms. The Morgan fingerprint density at radius 3 is 2.95 bits per heavy atom. The molecule has 2 saturated carbocycles. The highest BCUT2D eigenvalue weighted by Crippen LogP contribution is 2.35. The molecule has 2 fully saturated rings. The van der Waals surface area contributed by atoms with E-state index < -0.39 is 0 Å². The molecule has 0 bridgehead atoms. The van der Waals surface area contributed by atoms with E-state index >= 15 is 0 Å². The average molecular weight is 257 g/mol. The molecule has 2 aliphatic rings. The standard InChI is InChI=1S/C14H19N5/c1-2-11(1)17-8-14-16-5-6-18(14)9-13-7-15-10-19(13)12-3-4-12/h5-7,10-12,17H,1-4,8-9H2. The predicted molar refractivity (Wildman–Crippen MR) is 71.7 cm³/mol. The molecule has 2 aliphatic carbocycles. The van der Waals surface area contributed by atoms with Crippen LogP contribution in [0.25, 0.3) is 0 Å². The number of imidazole rings is 2. The minimum atomic E-state index is 0.689. The topological polar surface area (TPSA) is 47.7 Å². The largest absolute Gasteiger partial charge is 0.330 e. The molecule has 0 radical (unpaired) electrons. The Morgan fingerprint density at radius 2 is 2.16 bits per heavy atom. The van der Waals surface area contributed by atoms with Gasteiger partial charge in [-0.3, -0.25) is 0 Å². The first-order valence-electron chi connectivity index (χ1n) is 7.14. The molecule has 0 unspecified atom stereocenters. The van der Waals surface area contributed by atoms with Crippen LogP contribution in [0.5, 0.6) is 0 Å². The van der Waals surface area contributed by atoms with E-state index in [0.29, 0.717) is 6.04 Å². The molecule has 1 N–H and O–H groups in total. The zero-order valence-electron chi connectivity index (χ0n) is 11.0. The number of rotatable bonds is 6. The van der Waals surface area contributed by atoms with Gasteiger partial charge < -0.3 is 14.5 Å². The summed E-state index contributed by atoms with van der Waals surface area (Å²) in [6, 6.07) is 1.41. The highest BCUT2D eigenvalue weighted by molar-refractivity contribution is 5.06. The molecule has 4 rings (SSSR count). The molecule has 100 valence electrons. The third-order valence-corrected chi connectivity index (χ3v) is 3.95. The van der Waals surface area contributed by atoms with Gasteiger partial charge in [0.2, 0.25) is 0 Å². The Bertz CT molecular complexity index is 562. The Labute approximate surface area is 112 Å². The number of aromatic nitrogens is 4. The second kappa shape index (κ2) is 4.49. The smallest absolute Gasteiger partial charge is 0.123 e. The summed E-state index contributed by atoms with van der Waals surface area (Å²) in [5.41, 5.74) is 1.29. The van der Waals surface area contributed by atoms with Crippen molar-refractivity contribution in [3.8, 4) is 0 Å². The second-order valence-corrected chi connectivity index (χ2v) is 5.65. The van der Waals surface area contributed by atoms with Crippen molar-refractivity contribution in [1.29, 1.82) is 0 Å². The molecule has 0 aliphatic heterocycles. The van der Waals surface area contributed by atoms with Gasteiger partial charge in [0, 0.05) is 30.7 Å². The van der Waals surface area contributed by atoms with E-state index in [9.17, 15) is 0 Å². The first-order chi connectivity index (χ1) is 9.40. The van der Waals surface area contributed by atoms with Gasteiger partial charge in [-0.1, -0.05) is 0 Å². The lowest BCUT2D eigenvalue weighted by Crippen LogP contribution is -2.19. The average Bonchev–Trinajstić information content (AvgIpc) is 3.34. The number of hydrogen-bond acceptors (Lipinski definition) is 3. The van der Waals surface area contributed by atoms with Gasteiger partial charge in [0.25, 0.3) is 0 Å². The van der Waals surface area contributed by atoms with Gasteiger partial charge in [0.15, 0.2) is 0 Å². The van der Waals surface area contributed by atoms with E-state index in [4.69, 9.17) is 0 Å². The molecule has 0 atom stereocenters. The Balaban J connectivity index is 1.48. The highest BCUT2D eigenvalue weighted by Gasteiger charge is 2.25. The van der Waals surface area contributed by atoms with Crippen LogP contribution in [0.2, 0.25) is 0 Å². The van der Waals surface area contributed by atoms with E-state index in [1.165, 1.54) is 31.4 Å². The quantitative estimate of drug-likeness (QED) is 0.857. The van der Waals surface area contributed by atoms with Crippen molar-refractivity contribution < 1.29 is 0 Å². The lowest BCUT2D eigenvalue weighted by molar-refractivity contribution is 0.597. The SMILES string of the molecule is c1cn(Cc2cncn2C2CC2)c(CNC2CC2)n1. The van der Waals surface area contributed by atoms with Crippen molar-refractivity contribution in [1.82, 2.24) is 24.4 Å². The maximum Gasteiger partial charge on any atom is 0.123 e. The molecule has 2 heterocycles. The maximum atomic E-state index is 4.46. The molecule has 2 aromatic heterocycles. The first kappa shape index (κ1) is 11.2. The van der Waals surface area contributed by atoms with Crippen LogP contribution in [0.3, 0.4) is 0 Å². The van der Waals surface area contributed by atoms with Crippen LogP contribution in [0.1, 0.15) is 43.2 Å². The summed E-state index contributed by atoms with van der Waals surface area (Å²) >= 11 is 0. The minimum Gasteiger partial charge on any atom is -0.330 e. The van der Waals surface area contributed by atoms with Crippen LogP contribution >= 0.6 is 0 Å². The van der Waals surface area contributed by atoms with Gasteiger partial charge in [-0.05, 0) is 25.7 Å². The molecule has 0 saturated heterocycles. The summed E-state index contributed by atoms with van der Waals surface area (Å²) in [5, 5.41) is 3.52. The van der Waals surface area contributed by atoms with E-state index in [-0.39, 0.29) is 0 Å². The number of nitrogens with one attached hydrogen (secondary N) is 1. The van der Waals surface area contributed by atoms with Crippen LogP contribution in [-0.2, 0) is 13.1 Å². The fourth-order valence-corrected chi connectivity index (χ4v) is 2.48. The molecule has 0 amide bonds. The van der Waals surface area contributed by atoms with E-state index in [2.05, 4.69) is 30.6 Å². The van der Waals surface area contributed by atoms with Crippen molar-refractivity contribution in [2.45, 2.75) is 50.9 Å². The molecular formula is C14H19N5. The molecule has 0 spiro atoms. The van der Waals surface area contributed by atoms with Gasteiger partial charge in [-0.15, -0.1) is 0 Å². The monoisotopic (exact) mass is 257 g/mol. The minimum absolute atomic E-state index is 0.689. The summed E-state index contributed by atoms with van der Waals surface area (Å²) in [5.74, 6) is 1.12. The van der Waals surface area contributed by atoms with Gasteiger partial charge in [-0.25, -0.2) is 9.97 Å². The molecule has 19 heavy (non-hydrogen) atoms. The van der Waals surface area contributed by atoms with Crippen LogP contribution in [0, 0.1) is 0 Å². The fourth-order valence-electron chi connectivity index (χ4n) is 2.48. The molecule has 0 aromatic carbocycles. The summed E-state index contributed by atoms with van der Waals surface area (Å²) in [6.45, 7) is 1.74. The van der Waals surface area contributed by atoms with Crippen LogP contribution in [-0.4, -0.2) is 25.1 Å². The van der Waals surface area contributed by atoms with Crippen LogP contribution in [0.4, 0.5) is 0 Å². The van der Waals surface area contributed by atoms with E-state index in [1.54, 1.807) is 0 Å². The summed E-state index contributed by atoms with van der Waals surface area (Å²) in [4.78, 5) is 8.75. The van der Waals surface area contributed by atoms with Crippen molar-refractivity contribution >= 4 is 0 Å². The summed E-state index contributed by atoms with van der Waals surface area (Å²) in [6.07, 6.45) is 13.1. The second-order valence-electron chi connectivity index (χ2n) is 5.65. The van der Waals surface area contributed by atoms with Crippen molar-refractivity contribution in [2.24, 2.45) is 0 Å². The lowest BCUT2D eigenvalue weighted by Gasteiger charge is -2.10. The summed E-state index contributed by atoms with van der Waals surface area (Å²) < 4.78 is 4.55. The highest BCUT2D eigenvalue weighted by atomic mass is 15.2. The molecule has 5 nitrogen and oxygen atoms in total. The van der Waals surface area contributed by atoms with E-state index in [0.717, 1.165) is 25.0 Å². The van der Waals surface area contributed by atoms with E-state index in [1.807, 2.05) is 18.7 Å². The van der Waals surface area contributed by atoms with Crippen molar-refractivity contribution in [3.63, 3.8) is 0 Å². The van der Waals surface area contributed by atoms with Gasteiger partial charge in [0.05, 0.1) is 25.1 Å². The Kier molecular flexibility index (Phi) is 2.65. The van der Waals surface area contributed by atoms with Gasteiger partial charge in [0.1, 0.15) is 5.82 Å². The zero-order valence-corrected chi connectivity index (χ0v) is 11.0. The van der Waals surface area contributed by atoms with Crippen LogP contribution < -0.4 is 5.32 Å². The van der Waals surface area contributed by atoms with Crippen molar-refractivity contribution in [3.05, 3.63) is 36.4 Å². The van der Waals surface area contributed by atoms with Gasteiger partial charge in [-0.2, -0.15) is 0 Å². The zero-order chi connectivity index (χ0) is 12.7. The Hall–Kier alpha value is -1.62. The lowest BCUT2D eigenvalue weighted by atomic mass is 10.4. The third-order valence-electron chi connectivity index (χ3n) is 3.95. The predicted octanol–water partition coefficient (Wildman–Crippen LogP) is 1.71. The third kappa shape index (κ3) is 2.42. The maximum absolute atomic E-state index is 4.46. The number of nitrogens with zero attached hydrogens (tertiary/aromatic N) is 4. The van der Waals surface area contributed by atoms with Crippen LogP contribution in [0.15, 0.2) is 24.9 Å². The summed E-state index contributed by atoms with van der Waals surface area (Å²) in [7, 11) is 0. The first-order valence-corrected chi connectivity index (χ1v) is 7.14. The van der Waals surface area contributed by atoms with Crippen molar-refractivity contribution in [2.75, 3.05) is 0 Å². The fraction of sp³-hybridized carbons (Fsp3) is 0.571. The Morgan fingerprint density at radius 1 is 1.26 bits per heavy atom. The molecule has 2 aromatic rings. The number of hydrogen-bond donors (Lipinski definition) is 1.